The van der Waals surface area contributed by atoms with Crippen molar-refractivity contribution in [2.24, 2.45) is 0 Å². The molecule has 2 aromatic carbocycles. The first-order chi connectivity index (χ1) is 17.5. The van der Waals surface area contributed by atoms with Gasteiger partial charge >= 0.3 is 0 Å². The van der Waals surface area contributed by atoms with Crippen molar-refractivity contribution in [3.8, 4) is 22.9 Å². The number of methoxy groups -OCH3 is 2. The molecule has 182 valence electrons. The van der Waals surface area contributed by atoms with E-state index in [0.29, 0.717) is 56.4 Å². The molecule has 3 heterocycles. The van der Waals surface area contributed by atoms with Gasteiger partial charge in [0.1, 0.15) is 6.04 Å². The van der Waals surface area contributed by atoms with Crippen molar-refractivity contribution < 1.29 is 14.3 Å². The minimum absolute atomic E-state index is 0.316. The molecule has 1 amide bonds. The Bertz CT molecular complexity index is 1470. The van der Waals surface area contributed by atoms with E-state index in [1.54, 1.807) is 55.6 Å². The number of carbonyl (C=O) groups excluding carboxylic acids is 1. The smallest absolute Gasteiger partial charge is 0.255 e. The summed E-state index contributed by atoms with van der Waals surface area (Å²) >= 11 is 6.43. The Balaban J connectivity index is 1.68. The van der Waals surface area contributed by atoms with Crippen molar-refractivity contribution in [3.05, 3.63) is 88.8 Å². The normalized spacial score (nSPS) is 14.6. The fourth-order valence-corrected chi connectivity index (χ4v) is 4.47. The molecule has 0 fully saturated rings. The van der Waals surface area contributed by atoms with E-state index in [1.807, 2.05) is 37.3 Å². The predicted octanol–water partition coefficient (Wildman–Crippen LogP) is 4.94. The molecule has 1 unspecified atom stereocenters. The Hall–Kier alpha value is -4.37. The monoisotopic (exact) mass is 502 g/mol. The third-order valence-corrected chi connectivity index (χ3v) is 6.19. The van der Waals surface area contributed by atoms with E-state index in [9.17, 15) is 4.79 Å². The Morgan fingerprint density at radius 1 is 1.08 bits per heavy atom. The molecule has 0 bridgehead atoms. The molecule has 9 nitrogen and oxygen atoms in total. The number of hydrogen-bond acceptors (Lipinski definition) is 7. The first-order valence-corrected chi connectivity index (χ1v) is 11.5. The van der Waals surface area contributed by atoms with E-state index in [2.05, 4.69) is 15.6 Å². The van der Waals surface area contributed by atoms with Crippen molar-refractivity contribution in [1.82, 2.24) is 19.7 Å². The van der Waals surface area contributed by atoms with Crippen molar-refractivity contribution >= 4 is 29.1 Å². The number of aromatic nitrogens is 4. The lowest BCUT2D eigenvalue weighted by Gasteiger charge is -2.29. The summed E-state index contributed by atoms with van der Waals surface area (Å²) in [6.45, 7) is 1.82. The quantitative estimate of drug-likeness (QED) is 0.385. The number of pyridine rings is 1. The summed E-state index contributed by atoms with van der Waals surface area (Å²) in [5, 5.41) is 11.5. The van der Waals surface area contributed by atoms with Crippen LogP contribution < -0.4 is 20.1 Å². The number of anilines is 2. The average molecular weight is 503 g/mol. The molecule has 0 spiro atoms. The third-order valence-electron chi connectivity index (χ3n) is 5.86. The highest BCUT2D eigenvalue weighted by Crippen LogP contribution is 2.43. The van der Waals surface area contributed by atoms with Gasteiger partial charge in [-0.1, -0.05) is 35.9 Å². The highest BCUT2D eigenvalue weighted by molar-refractivity contribution is 6.33. The molecule has 2 N–H and O–H groups in total. The third kappa shape index (κ3) is 4.14. The summed E-state index contributed by atoms with van der Waals surface area (Å²) in [4.78, 5) is 22.4. The zero-order valence-electron chi connectivity index (χ0n) is 19.8. The molecule has 36 heavy (non-hydrogen) atoms. The maximum absolute atomic E-state index is 13.7. The SMILES string of the molecule is COc1cccc(C2C(C(=O)Nc3cccnc3)=C(C)Nc3nc(-c4ccccc4Cl)nn32)c1OC. The van der Waals surface area contributed by atoms with E-state index in [4.69, 9.17) is 31.2 Å². The zero-order chi connectivity index (χ0) is 25.2. The Kier molecular flexibility index (Phi) is 6.30. The van der Waals surface area contributed by atoms with Crippen LogP contribution in [0.2, 0.25) is 5.02 Å². The van der Waals surface area contributed by atoms with Crippen molar-refractivity contribution in [2.75, 3.05) is 24.9 Å². The van der Waals surface area contributed by atoms with Gasteiger partial charge in [-0.15, -0.1) is 5.10 Å². The summed E-state index contributed by atoms with van der Waals surface area (Å²) in [6, 6.07) is 15.7. The lowest BCUT2D eigenvalue weighted by molar-refractivity contribution is -0.113. The fourth-order valence-electron chi connectivity index (χ4n) is 4.25. The molecule has 5 rings (SSSR count). The topological polar surface area (TPSA) is 103 Å². The van der Waals surface area contributed by atoms with Crippen LogP contribution in [0.15, 0.2) is 78.3 Å². The van der Waals surface area contributed by atoms with Gasteiger partial charge in [0.2, 0.25) is 5.95 Å². The molecular formula is C26H23ClN6O3. The molecule has 0 radical (unpaired) electrons. The Morgan fingerprint density at radius 2 is 1.92 bits per heavy atom. The number of para-hydroxylation sites is 1. The maximum Gasteiger partial charge on any atom is 0.255 e. The molecule has 0 saturated heterocycles. The van der Waals surface area contributed by atoms with E-state index in [1.165, 1.54) is 0 Å². The molecule has 1 atom stereocenters. The molecular weight excluding hydrogens is 480 g/mol. The van der Waals surface area contributed by atoms with Gasteiger partial charge < -0.3 is 20.1 Å². The number of rotatable bonds is 6. The predicted molar refractivity (Wildman–Crippen MR) is 137 cm³/mol. The number of benzene rings is 2. The fraction of sp³-hybridized carbons (Fsp3) is 0.154. The molecule has 0 saturated carbocycles. The highest BCUT2D eigenvalue weighted by atomic mass is 35.5. The summed E-state index contributed by atoms with van der Waals surface area (Å²) in [5.74, 6) is 1.61. The summed E-state index contributed by atoms with van der Waals surface area (Å²) in [6.07, 6.45) is 3.23. The van der Waals surface area contributed by atoms with E-state index in [-0.39, 0.29) is 5.91 Å². The van der Waals surface area contributed by atoms with E-state index in [0.717, 1.165) is 0 Å². The second kappa shape index (κ2) is 9.71. The molecule has 1 aliphatic rings. The number of ether oxygens (including phenoxy) is 2. The van der Waals surface area contributed by atoms with Crippen LogP contribution in [0.3, 0.4) is 0 Å². The number of allylic oxidation sites excluding steroid dienone is 1. The van der Waals surface area contributed by atoms with Crippen LogP contribution in [0, 0.1) is 0 Å². The van der Waals surface area contributed by atoms with Crippen molar-refractivity contribution in [3.63, 3.8) is 0 Å². The highest BCUT2D eigenvalue weighted by Gasteiger charge is 2.37. The number of hydrogen-bond donors (Lipinski definition) is 2. The van der Waals surface area contributed by atoms with Crippen molar-refractivity contribution in [2.45, 2.75) is 13.0 Å². The van der Waals surface area contributed by atoms with Gasteiger partial charge in [-0.25, -0.2) is 4.68 Å². The molecule has 0 aliphatic carbocycles. The first-order valence-electron chi connectivity index (χ1n) is 11.1. The largest absolute Gasteiger partial charge is 0.493 e. The lowest BCUT2D eigenvalue weighted by atomic mass is 9.94. The standard InChI is InChI=1S/C26H23ClN6O3/c1-15-21(25(34)30-16-8-7-13-28-14-16)22(18-10-6-12-20(35-2)23(18)36-3)33-26(29-15)31-24(32-33)17-9-4-5-11-19(17)27/h4-14,22H,1-3H3,(H,30,34)(H,29,31,32). The summed E-state index contributed by atoms with van der Waals surface area (Å²) in [7, 11) is 3.13. The van der Waals surface area contributed by atoms with Crippen LogP contribution in [0.5, 0.6) is 11.5 Å². The lowest BCUT2D eigenvalue weighted by Crippen LogP contribution is -2.31. The van der Waals surface area contributed by atoms with E-state index >= 15 is 0 Å². The molecule has 10 heteroatoms. The van der Waals surface area contributed by atoms with Gasteiger partial charge in [-0.2, -0.15) is 4.98 Å². The van der Waals surface area contributed by atoms with Crippen LogP contribution in [-0.2, 0) is 4.79 Å². The second-order valence-corrected chi connectivity index (χ2v) is 8.44. The number of nitrogens with one attached hydrogen (secondary N) is 2. The minimum Gasteiger partial charge on any atom is -0.493 e. The van der Waals surface area contributed by atoms with Gasteiger partial charge in [0, 0.05) is 23.0 Å². The van der Waals surface area contributed by atoms with Crippen LogP contribution >= 0.6 is 11.6 Å². The van der Waals surface area contributed by atoms with Crippen LogP contribution in [-0.4, -0.2) is 39.9 Å². The average Bonchev–Trinajstić information content (AvgIpc) is 3.31. The molecule has 2 aromatic heterocycles. The summed E-state index contributed by atoms with van der Waals surface area (Å²) in [5.41, 5.74) is 3.00. The summed E-state index contributed by atoms with van der Waals surface area (Å²) < 4.78 is 12.9. The Morgan fingerprint density at radius 3 is 2.64 bits per heavy atom. The van der Waals surface area contributed by atoms with E-state index < -0.39 is 6.04 Å². The second-order valence-electron chi connectivity index (χ2n) is 8.03. The van der Waals surface area contributed by atoms with Crippen LogP contribution in [0.25, 0.3) is 11.4 Å². The number of nitrogens with zero attached hydrogens (tertiary/aromatic N) is 4. The molecule has 1 aliphatic heterocycles. The van der Waals surface area contributed by atoms with Crippen LogP contribution in [0.4, 0.5) is 11.6 Å². The van der Waals surface area contributed by atoms with Gasteiger partial charge in [-0.3, -0.25) is 9.78 Å². The molecule has 4 aromatic rings. The maximum atomic E-state index is 13.7. The number of fused-ring (bicyclic) bond motifs is 1. The number of amides is 1. The van der Waals surface area contributed by atoms with Gasteiger partial charge in [0.15, 0.2) is 17.3 Å². The number of carbonyl (C=O) groups is 1. The van der Waals surface area contributed by atoms with Gasteiger partial charge in [0.05, 0.1) is 36.7 Å². The number of halogens is 1. The van der Waals surface area contributed by atoms with Crippen molar-refractivity contribution in [1.29, 1.82) is 0 Å². The minimum atomic E-state index is -0.674. The first kappa shape index (κ1) is 23.4. The van der Waals surface area contributed by atoms with Gasteiger partial charge in [0.25, 0.3) is 5.91 Å². The van der Waals surface area contributed by atoms with Crippen LogP contribution in [0.1, 0.15) is 18.5 Å². The zero-order valence-corrected chi connectivity index (χ0v) is 20.6. The van der Waals surface area contributed by atoms with Gasteiger partial charge in [-0.05, 0) is 37.3 Å². The Labute approximate surface area is 212 Å².